The van der Waals surface area contributed by atoms with E-state index in [0.717, 1.165) is 19.3 Å². The van der Waals surface area contributed by atoms with Crippen LogP contribution in [0, 0.1) is 6.08 Å². The minimum atomic E-state index is 1.04. The van der Waals surface area contributed by atoms with Gasteiger partial charge in [-0.1, -0.05) is 42.5 Å². The molecule has 75 valence electrons. The normalized spacial score (nSPS) is 28.6. The van der Waals surface area contributed by atoms with Gasteiger partial charge in [0, 0.05) is 0 Å². The smallest absolute Gasteiger partial charge is 0.0166 e. The van der Waals surface area contributed by atoms with Gasteiger partial charge in [0.1, 0.15) is 0 Å². The number of hydrogen-bond acceptors (Lipinski definition) is 0. The van der Waals surface area contributed by atoms with Crippen molar-refractivity contribution in [2.75, 3.05) is 0 Å². The summed E-state index contributed by atoms with van der Waals surface area (Å²) in [5.74, 6) is 0. The standard InChI is InChI=1S/C14H19/c1-2-4-6-8-10-12-14-13-11-9-7-5-3-1/h1-2,5,7,10-12H,3-4,6,8,13-14H2/b2-1-,7-5+,11-9?,12-10+. The Kier molecular flexibility index (Phi) is 6.74. The Morgan fingerprint density at radius 2 is 1.50 bits per heavy atom. The molecule has 0 aliphatic heterocycles. The SMILES string of the molecule is [C]1=C/CC/C=C/CCC/C=C\C/C=C/1. The van der Waals surface area contributed by atoms with Crippen LogP contribution in [0.2, 0.25) is 0 Å². The van der Waals surface area contributed by atoms with Gasteiger partial charge in [-0.2, -0.15) is 0 Å². The summed E-state index contributed by atoms with van der Waals surface area (Å²) in [6.45, 7) is 0. The van der Waals surface area contributed by atoms with E-state index < -0.39 is 0 Å². The van der Waals surface area contributed by atoms with Crippen LogP contribution in [0.15, 0.2) is 42.5 Å². The van der Waals surface area contributed by atoms with Crippen molar-refractivity contribution in [3.8, 4) is 0 Å². The number of rotatable bonds is 0. The van der Waals surface area contributed by atoms with Crippen molar-refractivity contribution in [2.45, 2.75) is 38.5 Å². The third kappa shape index (κ3) is 6.47. The Labute approximate surface area is 87.7 Å². The third-order valence-electron chi connectivity index (χ3n) is 2.16. The molecule has 1 aliphatic rings. The Morgan fingerprint density at radius 3 is 2.43 bits per heavy atom. The van der Waals surface area contributed by atoms with Gasteiger partial charge in [-0.3, -0.25) is 0 Å². The average molecular weight is 187 g/mol. The monoisotopic (exact) mass is 187 g/mol. The molecule has 0 saturated carbocycles. The molecule has 1 rings (SSSR count). The van der Waals surface area contributed by atoms with Crippen LogP contribution in [0.4, 0.5) is 0 Å². The maximum Gasteiger partial charge on any atom is -0.0166 e. The van der Waals surface area contributed by atoms with Crippen molar-refractivity contribution in [3.05, 3.63) is 48.6 Å². The van der Waals surface area contributed by atoms with Crippen LogP contribution in [-0.4, -0.2) is 0 Å². The lowest BCUT2D eigenvalue weighted by atomic mass is 10.2. The molecule has 0 fully saturated rings. The zero-order chi connectivity index (χ0) is 9.90. The van der Waals surface area contributed by atoms with Gasteiger partial charge in [0.2, 0.25) is 0 Å². The lowest BCUT2D eigenvalue weighted by Gasteiger charge is -1.91. The lowest BCUT2D eigenvalue weighted by Crippen LogP contribution is -1.71. The molecule has 0 unspecified atom stereocenters. The fourth-order valence-corrected chi connectivity index (χ4v) is 1.35. The summed E-state index contributed by atoms with van der Waals surface area (Å²) in [5.41, 5.74) is 0. The summed E-state index contributed by atoms with van der Waals surface area (Å²) in [6.07, 6.45) is 25.5. The van der Waals surface area contributed by atoms with E-state index in [0.29, 0.717) is 0 Å². The topological polar surface area (TPSA) is 0 Å². The van der Waals surface area contributed by atoms with Gasteiger partial charge in [0.05, 0.1) is 0 Å². The first-order chi connectivity index (χ1) is 7.00. The quantitative estimate of drug-likeness (QED) is 0.494. The molecule has 0 heteroatoms. The third-order valence-corrected chi connectivity index (χ3v) is 2.16. The summed E-state index contributed by atoms with van der Waals surface area (Å²) in [4.78, 5) is 0. The highest BCUT2D eigenvalue weighted by Crippen LogP contribution is 2.02. The largest absolute Gasteiger partial charge is 0.0885 e. The molecule has 0 saturated heterocycles. The summed E-state index contributed by atoms with van der Waals surface area (Å²) in [6, 6.07) is 0. The molecule has 0 N–H and O–H groups in total. The first kappa shape index (κ1) is 11.0. The highest BCUT2D eigenvalue weighted by Gasteiger charge is 1.82. The molecule has 0 aromatic heterocycles. The van der Waals surface area contributed by atoms with Gasteiger partial charge in [-0.05, 0) is 44.6 Å². The molecule has 0 amide bonds. The Hall–Kier alpha value is -1.04. The van der Waals surface area contributed by atoms with Crippen molar-refractivity contribution in [1.29, 1.82) is 0 Å². The van der Waals surface area contributed by atoms with Crippen molar-refractivity contribution < 1.29 is 0 Å². The minimum Gasteiger partial charge on any atom is -0.0885 e. The van der Waals surface area contributed by atoms with Gasteiger partial charge in [0.15, 0.2) is 0 Å². The van der Waals surface area contributed by atoms with Crippen molar-refractivity contribution in [3.63, 3.8) is 0 Å². The molecule has 1 aliphatic carbocycles. The maximum absolute atomic E-state index is 3.17. The van der Waals surface area contributed by atoms with Crippen LogP contribution in [0.25, 0.3) is 0 Å². The van der Waals surface area contributed by atoms with E-state index in [9.17, 15) is 0 Å². The van der Waals surface area contributed by atoms with Crippen LogP contribution >= 0.6 is 0 Å². The first-order valence-corrected chi connectivity index (χ1v) is 5.53. The van der Waals surface area contributed by atoms with E-state index >= 15 is 0 Å². The molecule has 0 aromatic carbocycles. The van der Waals surface area contributed by atoms with Crippen LogP contribution in [0.5, 0.6) is 0 Å². The predicted molar refractivity (Wildman–Crippen MR) is 62.9 cm³/mol. The van der Waals surface area contributed by atoms with Gasteiger partial charge >= 0.3 is 0 Å². The molecule has 0 spiro atoms. The van der Waals surface area contributed by atoms with E-state index in [1.807, 2.05) is 6.08 Å². The molecule has 0 heterocycles. The molecule has 0 bridgehead atoms. The predicted octanol–water partition coefficient (Wildman–Crippen LogP) is 4.37. The van der Waals surface area contributed by atoms with E-state index in [1.165, 1.54) is 19.3 Å². The van der Waals surface area contributed by atoms with E-state index in [1.54, 1.807) is 0 Å². The van der Waals surface area contributed by atoms with Crippen molar-refractivity contribution in [1.82, 2.24) is 0 Å². The summed E-state index contributed by atoms with van der Waals surface area (Å²) >= 11 is 0. The first-order valence-electron chi connectivity index (χ1n) is 5.53. The van der Waals surface area contributed by atoms with Crippen molar-refractivity contribution >= 4 is 0 Å². The maximum atomic E-state index is 3.17. The van der Waals surface area contributed by atoms with Gasteiger partial charge in [-0.15, -0.1) is 0 Å². The summed E-state index contributed by atoms with van der Waals surface area (Å²) in [7, 11) is 0. The zero-order valence-electron chi connectivity index (χ0n) is 8.78. The fraction of sp³-hybridized carbons (Fsp3) is 0.429. The number of allylic oxidation sites excluding steroid dienone is 8. The molecule has 0 atom stereocenters. The van der Waals surface area contributed by atoms with E-state index in [2.05, 4.69) is 42.5 Å². The highest BCUT2D eigenvalue weighted by atomic mass is 13.9. The molecular weight excluding hydrogens is 168 g/mol. The second kappa shape index (κ2) is 8.55. The molecule has 14 heavy (non-hydrogen) atoms. The van der Waals surface area contributed by atoms with Gasteiger partial charge < -0.3 is 0 Å². The Bertz CT molecular complexity index is 228. The second-order valence-electron chi connectivity index (χ2n) is 3.46. The van der Waals surface area contributed by atoms with E-state index in [4.69, 9.17) is 0 Å². The van der Waals surface area contributed by atoms with Crippen LogP contribution in [0.3, 0.4) is 0 Å². The molecular formula is C14H19. The van der Waals surface area contributed by atoms with E-state index in [-0.39, 0.29) is 0 Å². The average Bonchev–Trinajstić information content (AvgIpc) is 2.22. The Balaban J connectivity index is 2.35. The van der Waals surface area contributed by atoms with Crippen LogP contribution < -0.4 is 0 Å². The van der Waals surface area contributed by atoms with Crippen LogP contribution in [0.1, 0.15) is 38.5 Å². The number of hydrogen-bond donors (Lipinski definition) is 0. The summed E-state index contributed by atoms with van der Waals surface area (Å²) in [5, 5.41) is 0. The van der Waals surface area contributed by atoms with Crippen LogP contribution in [-0.2, 0) is 0 Å². The second-order valence-corrected chi connectivity index (χ2v) is 3.46. The fourth-order valence-electron chi connectivity index (χ4n) is 1.35. The summed E-state index contributed by atoms with van der Waals surface area (Å²) < 4.78 is 0. The van der Waals surface area contributed by atoms with Crippen molar-refractivity contribution in [2.24, 2.45) is 0 Å². The molecule has 0 nitrogen and oxygen atoms in total. The Morgan fingerprint density at radius 1 is 0.714 bits per heavy atom. The minimum absolute atomic E-state index is 1.04. The van der Waals surface area contributed by atoms with Gasteiger partial charge in [0.25, 0.3) is 0 Å². The molecule has 0 aromatic rings. The zero-order valence-corrected chi connectivity index (χ0v) is 8.78. The molecule has 1 radical (unpaired) electrons. The van der Waals surface area contributed by atoms with Gasteiger partial charge in [-0.25, -0.2) is 0 Å². The lowest BCUT2D eigenvalue weighted by molar-refractivity contribution is 0.860. The highest BCUT2D eigenvalue weighted by molar-refractivity contribution is 5.00.